The minimum absolute atomic E-state index is 0.266. The van der Waals surface area contributed by atoms with Crippen molar-refractivity contribution in [3.05, 3.63) is 58.6 Å². The Morgan fingerprint density at radius 3 is 2.28 bits per heavy atom. The summed E-state index contributed by atoms with van der Waals surface area (Å²) in [5.74, 6) is -0.275. The first-order valence-electron chi connectivity index (χ1n) is 5.46. The Hall–Kier alpha value is -2.62. The second-order valence-corrected chi connectivity index (χ2v) is 4.11. The molecule has 4 heteroatoms. The molecular formula is C14H9NO3. The summed E-state index contributed by atoms with van der Waals surface area (Å²) >= 11 is 0. The van der Waals surface area contributed by atoms with E-state index in [0.717, 1.165) is 16.2 Å². The van der Waals surface area contributed by atoms with Gasteiger partial charge in [0.25, 0.3) is 0 Å². The van der Waals surface area contributed by atoms with Crippen LogP contribution in [0.1, 0.15) is 0 Å². The van der Waals surface area contributed by atoms with E-state index in [1.807, 2.05) is 30.3 Å². The molecule has 0 unspecified atom stereocenters. The number of phenols is 1. The van der Waals surface area contributed by atoms with Gasteiger partial charge in [0.2, 0.25) is 5.75 Å². The van der Waals surface area contributed by atoms with E-state index in [0.29, 0.717) is 5.39 Å². The summed E-state index contributed by atoms with van der Waals surface area (Å²) < 4.78 is 0. The number of benzene rings is 3. The Morgan fingerprint density at radius 1 is 0.944 bits per heavy atom. The standard InChI is InChI=1S/C14H9NO3/c16-14-12-8-10-4-2-1-3-9(10)7-11(12)5-6-13(14)15(17)18/h1-8,16H. The van der Waals surface area contributed by atoms with Crippen LogP contribution in [0.25, 0.3) is 21.5 Å². The SMILES string of the molecule is O=[N+]([O-])c1ccc2cc3ccccc3cc2c1O. The van der Waals surface area contributed by atoms with Crippen LogP contribution in [0.3, 0.4) is 0 Å². The predicted octanol–water partition coefficient (Wildman–Crippen LogP) is 3.61. The molecule has 0 atom stereocenters. The van der Waals surface area contributed by atoms with Crippen LogP contribution in [0, 0.1) is 10.1 Å². The number of fused-ring (bicyclic) bond motifs is 2. The fourth-order valence-corrected chi connectivity index (χ4v) is 2.13. The molecule has 0 amide bonds. The van der Waals surface area contributed by atoms with Crippen molar-refractivity contribution < 1.29 is 10.0 Å². The maximum absolute atomic E-state index is 10.8. The second-order valence-electron chi connectivity index (χ2n) is 4.11. The van der Waals surface area contributed by atoms with Crippen LogP contribution in [0.2, 0.25) is 0 Å². The van der Waals surface area contributed by atoms with Crippen molar-refractivity contribution in [2.24, 2.45) is 0 Å². The Labute approximate surface area is 102 Å². The Kier molecular flexibility index (Phi) is 2.16. The smallest absolute Gasteiger partial charge is 0.311 e. The average molecular weight is 239 g/mol. The van der Waals surface area contributed by atoms with E-state index in [1.54, 1.807) is 12.1 Å². The number of rotatable bonds is 1. The maximum Gasteiger partial charge on any atom is 0.311 e. The number of aromatic hydroxyl groups is 1. The third-order valence-corrected chi connectivity index (χ3v) is 3.03. The molecule has 1 N–H and O–H groups in total. The fourth-order valence-electron chi connectivity index (χ4n) is 2.13. The number of nitrogens with zero attached hydrogens (tertiary/aromatic N) is 1. The van der Waals surface area contributed by atoms with Gasteiger partial charge in [-0.1, -0.05) is 24.3 Å². The number of hydrogen-bond acceptors (Lipinski definition) is 3. The van der Waals surface area contributed by atoms with Crippen molar-refractivity contribution in [3.8, 4) is 5.75 Å². The molecule has 0 spiro atoms. The summed E-state index contributed by atoms with van der Waals surface area (Å²) in [6.45, 7) is 0. The highest BCUT2D eigenvalue weighted by Gasteiger charge is 2.15. The van der Waals surface area contributed by atoms with Crippen molar-refractivity contribution in [1.82, 2.24) is 0 Å². The normalized spacial score (nSPS) is 10.9. The van der Waals surface area contributed by atoms with Crippen LogP contribution in [0.4, 0.5) is 5.69 Å². The van der Waals surface area contributed by atoms with Crippen molar-refractivity contribution in [2.45, 2.75) is 0 Å². The minimum Gasteiger partial charge on any atom is -0.502 e. The zero-order valence-corrected chi connectivity index (χ0v) is 9.33. The molecule has 3 aromatic carbocycles. The van der Waals surface area contributed by atoms with Crippen molar-refractivity contribution in [3.63, 3.8) is 0 Å². The summed E-state index contributed by atoms with van der Waals surface area (Å²) in [6.07, 6.45) is 0. The van der Waals surface area contributed by atoms with Crippen LogP contribution in [-0.4, -0.2) is 10.0 Å². The highest BCUT2D eigenvalue weighted by Crippen LogP contribution is 2.36. The third kappa shape index (κ3) is 1.47. The zero-order valence-electron chi connectivity index (χ0n) is 9.33. The van der Waals surface area contributed by atoms with Crippen LogP contribution in [0.15, 0.2) is 48.5 Å². The Balaban J connectivity index is 2.44. The van der Waals surface area contributed by atoms with Gasteiger partial charge in [0.1, 0.15) is 0 Å². The summed E-state index contributed by atoms with van der Waals surface area (Å²) in [7, 11) is 0. The number of nitro benzene ring substituents is 1. The van der Waals surface area contributed by atoms with Gasteiger partial charge in [-0.15, -0.1) is 0 Å². The van der Waals surface area contributed by atoms with Gasteiger partial charge in [-0.2, -0.15) is 0 Å². The summed E-state index contributed by atoms with van der Waals surface area (Å²) in [5.41, 5.74) is -0.266. The van der Waals surface area contributed by atoms with Crippen molar-refractivity contribution in [1.29, 1.82) is 0 Å². The first-order chi connectivity index (χ1) is 8.66. The third-order valence-electron chi connectivity index (χ3n) is 3.03. The molecule has 0 aromatic heterocycles. The van der Waals surface area contributed by atoms with Gasteiger partial charge < -0.3 is 5.11 Å². The lowest BCUT2D eigenvalue weighted by Gasteiger charge is -2.04. The molecule has 0 saturated heterocycles. The molecule has 3 aromatic rings. The first kappa shape index (κ1) is 10.5. The molecule has 0 aliphatic heterocycles. The van der Waals surface area contributed by atoms with Gasteiger partial charge in [-0.05, 0) is 34.4 Å². The van der Waals surface area contributed by atoms with Crippen molar-refractivity contribution in [2.75, 3.05) is 0 Å². The number of phenolic OH excluding ortho intramolecular Hbond substituents is 1. The van der Waals surface area contributed by atoms with Crippen LogP contribution >= 0.6 is 0 Å². The van der Waals surface area contributed by atoms with Gasteiger partial charge in [0.15, 0.2) is 0 Å². The fraction of sp³-hybridized carbons (Fsp3) is 0. The molecular weight excluding hydrogens is 230 g/mol. The molecule has 3 rings (SSSR count). The van der Waals surface area contributed by atoms with E-state index in [9.17, 15) is 15.2 Å². The minimum atomic E-state index is -0.579. The highest BCUT2D eigenvalue weighted by molar-refractivity contribution is 6.02. The molecule has 0 aliphatic rings. The van der Waals surface area contributed by atoms with Crippen molar-refractivity contribution >= 4 is 27.2 Å². The van der Waals surface area contributed by atoms with Gasteiger partial charge in [-0.3, -0.25) is 10.1 Å². The van der Waals surface area contributed by atoms with Gasteiger partial charge >= 0.3 is 5.69 Å². The van der Waals surface area contributed by atoms with Gasteiger partial charge in [-0.25, -0.2) is 0 Å². The van der Waals surface area contributed by atoms with E-state index in [1.165, 1.54) is 6.07 Å². The van der Waals surface area contributed by atoms with Crippen LogP contribution in [-0.2, 0) is 0 Å². The van der Waals surface area contributed by atoms with E-state index in [4.69, 9.17) is 0 Å². The molecule has 0 heterocycles. The molecule has 0 bridgehead atoms. The highest BCUT2D eigenvalue weighted by atomic mass is 16.6. The van der Waals surface area contributed by atoms with Gasteiger partial charge in [0, 0.05) is 11.5 Å². The largest absolute Gasteiger partial charge is 0.502 e. The van der Waals surface area contributed by atoms with Crippen LogP contribution < -0.4 is 0 Å². The number of nitro groups is 1. The lowest BCUT2D eigenvalue weighted by molar-refractivity contribution is -0.385. The molecule has 18 heavy (non-hydrogen) atoms. The molecule has 88 valence electrons. The van der Waals surface area contributed by atoms with E-state index < -0.39 is 4.92 Å². The molecule has 0 fully saturated rings. The van der Waals surface area contributed by atoms with E-state index in [2.05, 4.69) is 0 Å². The van der Waals surface area contributed by atoms with E-state index >= 15 is 0 Å². The summed E-state index contributed by atoms with van der Waals surface area (Å²) in [6, 6.07) is 14.4. The van der Waals surface area contributed by atoms with Gasteiger partial charge in [0.05, 0.1) is 4.92 Å². The maximum atomic E-state index is 10.8. The second kappa shape index (κ2) is 3.70. The number of hydrogen-bond donors (Lipinski definition) is 1. The summed E-state index contributed by atoms with van der Waals surface area (Å²) in [4.78, 5) is 10.2. The Morgan fingerprint density at radius 2 is 1.61 bits per heavy atom. The lowest BCUT2D eigenvalue weighted by Crippen LogP contribution is -1.89. The quantitative estimate of drug-likeness (QED) is 0.401. The molecule has 0 saturated carbocycles. The van der Waals surface area contributed by atoms with E-state index in [-0.39, 0.29) is 11.4 Å². The molecule has 4 nitrogen and oxygen atoms in total. The summed E-state index contributed by atoms with van der Waals surface area (Å²) in [5, 5.41) is 24.0. The average Bonchev–Trinajstić information content (AvgIpc) is 2.37. The zero-order chi connectivity index (χ0) is 12.7. The molecule has 0 radical (unpaired) electrons. The van der Waals surface area contributed by atoms with Crippen LogP contribution in [0.5, 0.6) is 5.75 Å². The monoisotopic (exact) mass is 239 g/mol. The first-order valence-corrected chi connectivity index (χ1v) is 5.46. The lowest BCUT2D eigenvalue weighted by atomic mass is 10.0. The topological polar surface area (TPSA) is 63.4 Å². The predicted molar refractivity (Wildman–Crippen MR) is 69.8 cm³/mol. The Bertz CT molecular complexity index is 780. The molecule has 0 aliphatic carbocycles.